The number of benzene rings is 1. The smallest absolute Gasteiger partial charge is 0.239 e. The number of para-hydroxylation sites is 1. The second kappa shape index (κ2) is 7.40. The maximum absolute atomic E-state index is 12.0. The fourth-order valence-electron chi connectivity index (χ4n) is 2.48. The minimum absolute atomic E-state index is 0.000262. The molecule has 0 radical (unpaired) electrons. The third-order valence-electron chi connectivity index (χ3n) is 3.64. The Bertz CT molecular complexity index is 832. The summed E-state index contributed by atoms with van der Waals surface area (Å²) in [6.07, 6.45) is 0.925. The molecular formula is C18H20N4OS. The number of aromatic nitrogens is 2. The third kappa shape index (κ3) is 3.54. The lowest BCUT2D eigenvalue weighted by Crippen LogP contribution is -2.36. The number of amides is 1. The van der Waals surface area contributed by atoms with Crippen molar-refractivity contribution in [1.29, 1.82) is 0 Å². The molecule has 3 aromatic rings. The van der Waals surface area contributed by atoms with Gasteiger partial charge in [0.2, 0.25) is 5.91 Å². The van der Waals surface area contributed by atoms with Crippen molar-refractivity contribution >= 4 is 34.0 Å². The van der Waals surface area contributed by atoms with Crippen LogP contribution in [0.25, 0.3) is 21.6 Å². The Labute approximate surface area is 145 Å². The molecule has 1 amide bonds. The van der Waals surface area contributed by atoms with Gasteiger partial charge in [0.15, 0.2) is 5.82 Å². The molecule has 0 unspecified atom stereocenters. The molecule has 3 rings (SSSR count). The number of thiophene rings is 1. The first-order chi connectivity index (χ1) is 11.7. The van der Waals surface area contributed by atoms with Crippen LogP contribution in [0, 0.1) is 0 Å². The second-order valence-electron chi connectivity index (χ2n) is 5.57. The largest absolute Gasteiger partial charge is 0.355 e. The molecule has 0 aliphatic rings. The molecule has 2 heterocycles. The summed E-state index contributed by atoms with van der Waals surface area (Å²) in [5, 5.41) is 5.86. The van der Waals surface area contributed by atoms with E-state index in [2.05, 4.69) is 10.3 Å². The third-order valence-corrected chi connectivity index (χ3v) is 4.50. The first-order valence-corrected chi connectivity index (χ1v) is 8.85. The number of hydrogen-bond acceptors (Lipinski definition) is 5. The van der Waals surface area contributed by atoms with Gasteiger partial charge in [-0.2, -0.15) is 0 Å². The van der Waals surface area contributed by atoms with E-state index in [1.807, 2.05) is 60.6 Å². The van der Waals surface area contributed by atoms with Crippen molar-refractivity contribution in [2.24, 2.45) is 0 Å². The van der Waals surface area contributed by atoms with E-state index in [4.69, 9.17) is 4.98 Å². The molecular weight excluding hydrogens is 320 g/mol. The molecule has 0 saturated carbocycles. The van der Waals surface area contributed by atoms with Crippen LogP contribution in [0.2, 0.25) is 0 Å². The van der Waals surface area contributed by atoms with Gasteiger partial charge in [-0.05, 0) is 30.0 Å². The van der Waals surface area contributed by atoms with E-state index in [0.29, 0.717) is 12.4 Å². The fraction of sp³-hybridized carbons (Fsp3) is 0.278. The lowest BCUT2D eigenvalue weighted by molar-refractivity contribution is -0.119. The highest BCUT2D eigenvalue weighted by molar-refractivity contribution is 7.13. The Morgan fingerprint density at radius 2 is 2.04 bits per heavy atom. The molecule has 124 valence electrons. The van der Waals surface area contributed by atoms with E-state index < -0.39 is 0 Å². The highest BCUT2D eigenvalue weighted by Gasteiger charge is 2.15. The average molecular weight is 340 g/mol. The number of anilines is 1. The van der Waals surface area contributed by atoms with Gasteiger partial charge in [0.1, 0.15) is 5.82 Å². The Kier molecular flexibility index (Phi) is 5.05. The topological polar surface area (TPSA) is 58.1 Å². The molecule has 0 bridgehead atoms. The summed E-state index contributed by atoms with van der Waals surface area (Å²) in [7, 11) is 1.89. The molecule has 0 aliphatic heterocycles. The molecule has 24 heavy (non-hydrogen) atoms. The zero-order valence-electron chi connectivity index (χ0n) is 13.8. The van der Waals surface area contributed by atoms with Gasteiger partial charge in [0.05, 0.1) is 16.9 Å². The van der Waals surface area contributed by atoms with Crippen LogP contribution in [0.1, 0.15) is 13.3 Å². The summed E-state index contributed by atoms with van der Waals surface area (Å²) in [4.78, 5) is 24.3. The lowest BCUT2D eigenvalue weighted by atomic mass is 10.2. The zero-order valence-corrected chi connectivity index (χ0v) is 14.6. The Balaban J connectivity index is 1.97. The van der Waals surface area contributed by atoms with Gasteiger partial charge in [-0.3, -0.25) is 4.79 Å². The van der Waals surface area contributed by atoms with E-state index in [9.17, 15) is 4.79 Å². The van der Waals surface area contributed by atoms with Gasteiger partial charge in [0, 0.05) is 19.0 Å². The van der Waals surface area contributed by atoms with Gasteiger partial charge in [0.25, 0.3) is 0 Å². The summed E-state index contributed by atoms with van der Waals surface area (Å²) in [5.41, 5.74) is 0.881. The molecule has 6 heteroatoms. The number of nitrogens with zero attached hydrogens (tertiary/aromatic N) is 3. The second-order valence-corrected chi connectivity index (χ2v) is 6.52. The molecule has 0 aliphatic carbocycles. The van der Waals surface area contributed by atoms with E-state index in [1.54, 1.807) is 11.3 Å². The molecule has 5 nitrogen and oxygen atoms in total. The van der Waals surface area contributed by atoms with E-state index in [1.165, 1.54) is 0 Å². The number of carbonyl (C=O) groups excluding carboxylic acids is 1. The highest BCUT2D eigenvalue weighted by Crippen LogP contribution is 2.28. The Morgan fingerprint density at radius 3 is 2.79 bits per heavy atom. The maximum atomic E-state index is 12.0. The van der Waals surface area contributed by atoms with Crippen LogP contribution in [-0.2, 0) is 4.79 Å². The fourth-order valence-corrected chi connectivity index (χ4v) is 3.14. The van der Waals surface area contributed by atoms with Gasteiger partial charge in [-0.1, -0.05) is 25.1 Å². The van der Waals surface area contributed by atoms with Gasteiger partial charge in [-0.25, -0.2) is 9.97 Å². The van der Waals surface area contributed by atoms with Crippen molar-refractivity contribution in [3.63, 3.8) is 0 Å². The number of hydrogen-bond donors (Lipinski definition) is 1. The molecule has 1 aromatic carbocycles. The zero-order chi connectivity index (χ0) is 16.9. The van der Waals surface area contributed by atoms with Crippen LogP contribution in [0.4, 0.5) is 5.82 Å². The number of rotatable bonds is 6. The predicted molar refractivity (Wildman–Crippen MR) is 99.4 cm³/mol. The minimum Gasteiger partial charge on any atom is -0.355 e. The van der Waals surface area contributed by atoms with Crippen LogP contribution in [0.5, 0.6) is 0 Å². The van der Waals surface area contributed by atoms with E-state index in [0.717, 1.165) is 28.0 Å². The molecule has 2 aromatic heterocycles. The van der Waals surface area contributed by atoms with Gasteiger partial charge >= 0.3 is 0 Å². The van der Waals surface area contributed by atoms with Crippen LogP contribution < -0.4 is 10.2 Å². The molecule has 0 spiro atoms. The SMILES string of the molecule is CCCNC(=O)CN(C)c1nc(-c2cccs2)nc2ccccc12. The van der Waals surface area contributed by atoms with Crippen LogP contribution in [0.3, 0.4) is 0 Å². The van der Waals surface area contributed by atoms with Crippen molar-refractivity contribution in [3.8, 4) is 10.7 Å². The number of likely N-dealkylation sites (N-methyl/N-ethyl adjacent to an activating group) is 1. The molecule has 0 saturated heterocycles. The van der Waals surface area contributed by atoms with E-state index in [-0.39, 0.29) is 12.5 Å². The maximum Gasteiger partial charge on any atom is 0.239 e. The summed E-state index contributed by atoms with van der Waals surface area (Å²) in [5.74, 6) is 1.47. The predicted octanol–water partition coefficient (Wildman–Crippen LogP) is 3.32. The molecule has 0 fully saturated rings. The van der Waals surface area contributed by atoms with Crippen molar-refractivity contribution in [2.45, 2.75) is 13.3 Å². The summed E-state index contributed by atoms with van der Waals surface area (Å²) < 4.78 is 0. The van der Waals surface area contributed by atoms with Gasteiger partial charge in [-0.15, -0.1) is 11.3 Å². The van der Waals surface area contributed by atoms with Crippen molar-refractivity contribution in [2.75, 3.05) is 25.0 Å². The Hall–Kier alpha value is -2.47. The first kappa shape index (κ1) is 16.4. The first-order valence-electron chi connectivity index (χ1n) is 7.97. The van der Waals surface area contributed by atoms with Crippen molar-refractivity contribution in [1.82, 2.24) is 15.3 Å². The van der Waals surface area contributed by atoms with Crippen LogP contribution in [-0.4, -0.2) is 36.0 Å². The van der Waals surface area contributed by atoms with E-state index >= 15 is 0 Å². The summed E-state index contributed by atoms with van der Waals surface area (Å²) in [6, 6.07) is 11.9. The van der Waals surface area contributed by atoms with Crippen molar-refractivity contribution in [3.05, 3.63) is 41.8 Å². The van der Waals surface area contributed by atoms with Gasteiger partial charge < -0.3 is 10.2 Å². The molecule has 0 atom stereocenters. The number of carbonyl (C=O) groups is 1. The Morgan fingerprint density at radius 1 is 1.21 bits per heavy atom. The van der Waals surface area contributed by atoms with Crippen LogP contribution >= 0.6 is 11.3 Å². The lowest BCUT2D eigenvalue weighted by Gasteiger charge is -2.20. The molecule has 1 N–H and O–H groups in total. The van der Waals surface area contributed by atoms with Crippen molar-refractivity contribution < 1.29 is 4.79 Å². The quantitative estimate of drug-likeness (QED) is 0.748. The minimum atomic E-state index is -0.000262. The normalized spacial score (nSPS) is 10.8. The van der Waals surface area contributed by atoms with Crippen LogP contribution in [0.15, 0.2) is 41.8 Å². The summed E-state index contributed by atoms with van der Waals surface area (Å²) >= 11 is 1.61. The number of fused-ring (bicyclic) bond motifs is 1. The summed E-state index contributed by atoms with van der Waals surface area (Å²) in [6.45, 7) is 3.00. The average Bonchev–Trinajstić information content (AvgIpc) is 3.13. The monoisotopic (exact) mass is 340 g/mol. The standard InChI is InChI=1S/C18H20N4OS/c1-3-10-19-16(23)12-22(2)18-13-7-4-5-8-14(13)20-17(21-18)15-9-6-11-24-15/h4-9,11H,3,10,12H2,1-2H3,(H,19,23). The highest BCUT2D eigenvalue weighted by atomic mass is 32.1. The number of nitrogens with one attached hydrogen (secondary N) is 1.